The van der Waals surface area contributed by atoms with Gasteiger partial charge in [0.2, 0.25) is 29.5 Å². The molecule has 3 aromatic rings. The Morgan fingerprint density at radius 2 is 1.16 bits per heavy atom. The predicted molar refractivity (Wildman–Crippen MR) is 289 cm³/mol. The molecule has 75 heavy (non-hydrogen) atoms. The Hall–Kier alpha value is -5.14. The molecule has 11 atom stereocenters. The van der Waals surface area contributed by atoms with Crippen molar-refractivity contribution in [3.63, 3.8) is 0 Å². The van der Waals surface area contributed by atoms with Crippen molar-refractivity contribution >= 4 is 59.2 Å². The van der Waals surface area contributed by atoms with Gasteiger partial charge in [-0.15, -0.1) is 23.5 Å². The number of nitrogens with two attached hydrogens (primary N) is 1. The number of carbonyl (C=O) groups excluding carboxylic acids is 6. The van der Waals surface area contributed by atoms with E-state index in [2.05, 4.69) is 41.9 Å². The van der Waals surface area contributed by atoms with E-state index in [0.29, 0.717) is 57.5 Å². The second-order valence-electron chi connectivity index (χ2n) is 23.6. The van der Waals surface area contributed by atoms with Crippen LogP contribution >= 0.6 is 23.5 Å². The van der Waals surface area contributed by atoms with Crippen molar-refractivity contribution < 1.29 is 43.0 Å². The molecule has 4 saturated heterocycles. The normalized spacial score (nSPS) is 29.0. The zero-order valence-corrected chi connectivity index (χ0v) is 46.4. The van der Waals surface area contributed by atoms with Crippen LogP contribution in [0.4, 0.5) is 4.79 Å². The van der Waals surface area contributed by atoms with Gasteiger partial charge in [-0.3, -0.25) is 28.9 Å². The highest BCUT2D eigenvalue weighted by molar-refractivity contribution is 8.00. The van der Waals surface area contributed by atoms with Gasteiger partial charge in [0, 0.05) is 19.9 Å². The average molecular weight is 1070 g/mol. The standard InChI is InChI=1S/C57H75N7O9S2/c1-32(62(9)54(70)73-55(2,3)4)49(65)59-40-23-25-75-44-29-57(7,8)48(64(44)53(40)69)51(67)61-46-38-17-13-11-15-36(38)27-42(46)72-31-34-20-18-33(19-21-34)30-71-41-26-35-14-10-12-16-37(35)45(41)60-50(66)47-56(5,6)28-43-63(47)52(68)39(58)22-24-74-43/h10-21,32,39-48H,22-31,58H2,1-9H3,(H,59,65)(H,60,66)(H,61,67)/t32-,39-,40-,41+,42+,43-,44-,45-,46-,47+,48+/m0/s1. The van der Waals surface area contributed by atoms with Gasteiger partial charge in [-0.05, 0) is 109 Å². The molecule has 6 aliphatic rings. The van der Waals surface area contributed by atoms with Crippen LogP contribution in [0, 0.1) is 10.8 Å². The van der Waals surface area contributed by atoms with Gasteiger partial charge in [0.05, 0.1) is 54.3 Å². The van der Waals surface area contributed by atoms with Gasteiger partial charge in [0.1, 0.15) is 29.8 Å². The number of benzene rings is 3. The van der Waals surface area contributed by atoms with Gasteiger partial charge in [-0.1, -0.05) is 100 Å². The third-order valence-corrected chi connectivity index (χ3v) is 18.5. The maximum absolute atomic E-state index is 14.8. The number of likely N-dealkylation sites (N-methyl/N-ethyl adjacent to an activating group) is 1. The zero-order chi connectivity index (χ0) is 53.7. The number of amides is 6. The molecule has 5 N–H and O–H groups in total. The molecule has 0 saturated carbocycles. The molecular formula is C57H75N7O9S2. The summed E-state index contributed by atoms with van der Waals surface area (Å²) in [5, 5.41) is 9.26. The number of hydrogen-bond acceptors (Lipinski definition) is 12. The van der Waals surface area contributed by atoms with Gasteiger partial charge >= 0.3 is 6.09 Å². The minimum atomic E-state index is -0.908. The van der Waals surface area contributed by atoms with Crippen molar-refractivity contribution in [2.24, 2.45) is 16.6 Å². The minimum absolute atomic E-state index is 0.0862. The summed E-state index contributed by atoms with van der Waals surface area (Å²) >= 11 is 3.33. The summed E-state index contributed by atoms with van der Waals surface area (Å²) in [5.41, 5.74) is 10.6. The fourth-order valence-electron chi connectivity index (χ4n) is 11.9. The van der Waals surface area contributed by atoms with Crippen molar-refractivity contribution in [1.29, 1.82) is 0 Å². The monoisotopic (exact) mass is 1070 g/mol. The third kappa shape index (κ3) is 11.5. The molecule has 3 aromatic carbocycles. The minimum Gasteiger partial charge on any atom is -0.444 e. The first-order valence-corrected chi connectivity index (χ1v) is 28.6. The van der Waals surface area contributed by atoms with Crippen LogP contribution in [-0.4, -0.2) is 128 Å². The smallest absolute Gasteiger partial charge is 0.410 e. The summed E-state index contributed by atoms with van der Waals surface area (Å²) in [6, 6.07) is 19.5. The van der Waals surface area contributed by atoms with Crippen molar-refractivity contribution in [1.82, 2.24) is 30.7 Å². The number of rotatable bonds is 13. The number of thioether (sulfide) groups is 2. The average Bonchev–Trinajstić information content (AvgIpc) is 4.00. The molecule has 16 nitrogen and oxygen atoms in total. The summed E-state index contributed by atoms with van der Waals surface area (Å²) < 4.78 is 18.8. The summed E-state index contributed by atoms with van der Waals surface area (Å²) in [6.45, 7) is 15.6. The lowest BCUT2D eigenvalue weighted by atomic mass is 9.83. The Balaban J connectivity index is 0.834. The Morgan fingerprint density at radius 1 is 0.707 bits per heavy atom. The van der Waals surface area contributed by atoms with Gasteiger partial charge in [-0.25, -0.2) is 4.79 Å². The molecule has 4 heterocycles. The van der Waals surface area contributed by atoms with E-state index in [1.54, 1.807) is 61.0 Å². The molecule has 18 heteroatoms. The SMILES string of the molecule is C[C@@H](C(=O)N[C@H]1CCS[C@H]2CC(C)(C)[C@@H](C(=O)N[C@H]3c4ccccc4C[C@H]3OCc3ccc(CO[C@@H]4Cc5ccccc5[C@@H]4NC(=O)[C@H]4N5C(=O)[C@@H](N)CCS[C@H]5CC4(C)C)cc3)N2C1=O)N(C)C(=O)OC(C)(C)C. The lowest BCUT2D eigenvalue weighted by molar-refractivity contribution is -0.144. The lowest BCUT2D eigenvalue weighted by Crippen LogP contribution is -2.58. The zero-order valence-electron chi connectivity index (χ0n) is 44.8. The van der Waals surface area contributed by atoms with Gasteiger partial charge in [-0.2, -0.15) is 0 Å². The highest BCUT2D eigenvalue weighted by atomic mass is 32.2. The van der Waals surface area contributed by atoms with E-state index < -0.39 is 70.7 Å². The number of ether oxygens (including phenoxy) is 3. The van der Waals surface area contributed by atoms with Crippen molar-refractivity contribution in [2.75, 3.05) is 18.6 Å². The van der Waals surface area contributed by atoms with Gasteiger partial charge < -0.3 is 45.7 Å². The first-order chi connectivity index (χ1) is 35.5. The molecular weight excluding hydrogens is 991 g/mol. The number of hydrogen-bond donors (Lipinski definition) is 4. The van der Waals surface area contributed by atoms with E-state index in [0.717, 1.165) is 39.1 Å². The second-order valence-corrected chi connectivity index (χ2v) is 26.2. The van der Waals surface area contributed by atoms with Crippen LogP contribution in [-0.2, 0) is 64.2 Å². The lowest BCUT2D eigenvalue weighted by Gasteiger charge is -2.35. The Bertz CT molecular complexity index is 2660. The molecule has 4 aliphatic heterocycles. The first kappa shape index (κ1) is 54.6. The van der Waals surface area contributed by atoms with E-state index in [4.69, 9.17) is 19.9 Å². The van der Waals surface area contributed by atoms with Crippen LogP contribution in [0.5, 0.6) is 0 Å². The summed E-state index contributed by atoms with van der Waals surface area (Å²) in [4.78, 5) is 88.3. The number of nitrogens with one attached hydrogen (secondary N) is 3. The van der Waals surface area contributed by atoms with E-state index in [1.807, 2.05) is 74.5 Å². The fraction of sp³-hybridized carbons (Fsp3) is 0.579. The van der Waals surface area contributed by atoms with Crippen LogP contribution in [0.1, 0.15) is 127 Å². The molecule has 9 rings (SSSR count). The molecule has 0 aromatic heterocycles. The van der Waals surface area contributed by atoms with E-state index >= 15 is 0 Å². The second kappa shape index (κ2) is 21.7. The van der Waals surface area contributed by atoms with Crippen molar-refractivity contribution in [3.05, 3.63) is 106 Å². The summed E-state index contributed by atoms with van der Waals surface area (Å²) in [6.07, 6.45) is 2.17. The van der Waals surface area contributed by atoms with E-state index in [9.17, 15) is 28.8 Å². The van der Waals surface area contributed by atoms with Crippen LogP contribution in [0.15, 0.2) is 72.8 Å². The third-order valence-electron chi connectivity index (χ3n) is 16.0. The van der Waals surface area contributed by atoms with Crippen LogP contribution < -0.4 is 21.7 Å². The van der Waals surface area contributed by atoms with Crippen molar-refractivity contribution in [3.8, 4) is 0 Å². The number of nitrogens with zero attached hydrogens (tertiary/aromatic N) is 3. The Kier molecular flexibility index (Phi) is 15.8. The quantitative estimate of drug-likeness (QED) is 0.144. The van der Waals surface area contributed by atoms with Crippen LogP contribution in [0.25, 0.3) is 0 Å². The molecule has 4 fully saturated rings. The molecule has 2 aliphatic carbocycles. The number of fused-ring (bicyclic) bond motifs is 4. The molecule has 0 spiro atoms. The van der Waals surface area contributed by atoms with Crippen molar-refractivity contribution in [2.45, 2.75) is 178 Å². The predicted octanol–water partition coefficient (Wildman–Crippen LogP) is 6.53. The van der Waals surface area contributed by atoms with Gasteiger partial charge in [0.25, 0.3) is 0 Å². The first-order valence-electron chi connectivity index (χ1n) is 26.5. The fourth-order valence-corrected chi connectivity index (χ4v) is 15.1. The highest BCUT2D eigenvalue weighted by Crippen LogP contribution is 2.48. The largest absolute Gasteiger partial charge is 0.444 e. The maximum atomic E-state index is 14.8. The number of carbonyl (C=O) groups is 6. The molecule has 6 amide bonds. The van der Waals surface area contributed by atoms with Crippen LogP contribution in [0.2, 0.25) is 0 Å². The molecule has 0 bridgehead atoms. The van der Waals surface area contributed by atoms with E-state index in [1.165, 1.54) is 11.9 Å². The highest BCUT2D eigenvalue weighted by Gasteiger charge is 2.56. The summed E-state index contributed by atoms with van der Waals surface area (Å²) in [7, 11) is 1.49. The van der Waals surface area contributed by atoms with Crippen LogP contribution in [0.3, 0.4) is 0 Å². The molecule has 0 radical (unpaired) electrons. The van der Waals surface area contributed by atoms with Gasteiger partial charge in [0.15, 0.2) is 0 Å². The topological polar surface area (TPSA) is 202 Å². The Labute approximate surface area is 450 Å². The molecule has 404 valence electrons. The molecule has 0 unspecified atom stereocenters. The van der Waals surface area contributed by atoms with E-state index in [-0.39, 0.29) is 46.6 Å². The maximum Gasteiger partial charge on any atom is 0.410 e. The summed E-state index contributed by atoms with van der Waals surface area (Å²) in [5.74, 6) is -0.0330. The Morgan fingerprint density at radius 3 is 1.64 bits per heavy atom.